The summed E-state index contributed by atoms with van der Waals surface area (Å²) in [5, 5.41) is 0. The van der Waals surface area contributed by atoms with Crippen LogP contribution in [0.25, 0.3) is 6.08 Å². The van der Waals surface area contributed by atoms with Gasteiger partial charge >= 0.3 is 0 Å². The summed E-state index contributed by atoms with van der Waals surface area (Å²) in [6.45, 7) is 3.38. The summed E-state index contributed by atoms with van der Waals surface area (Å²) in [4.78, 5) is 10.8. The molecule has 1 unspecified atom stereocenters. The van der Waals surface area contributed by atoms with Crippen LogP contribution in [0.4, 0.5) is 0 Å². The largest absolute Gasteiger partial charge is 0.283 e. The molecule has 0 heterocycles. The third kappa shape index (κ3) is 5.37. The molecule has 0 aliphatic carbocycles. The number of carbonyl (C=O) groups is 1. The zero-order valence-corrected chi connectivity index (χ0v) is 10.0. The van der Waals surface area contributed by atoms with E-state index < -0.39 is 0 Å². The fourth-order valence-corrected chi connectivity index (χ4v) is 2.09. The van der Waals surface area contributed by atoms with Crippen LogP contribution in [0, 0.1) is 0 Å². The lowest BCUT2D eigenvalue weighted by molar-refractivity contribution is -0.107. The Morgan fingerprint density at radius 1 is 1.40 bits per heavy atom. The lowest BCUT2D eigenvalue weighted by atomic mass is 10.2. The molecule has 0 saturated carbocycles. The van der Waals surface area contributed by atoms with Crippen LogP contribution in [0.5, 0.6) is 0 Å². The standard InChI is InChI=1S/C11H11NOP2/c1-2-11(13)15-12-14-9-8-10-6-4-3-5-7-10/h2-9,14H,1H2. The summed E-state index contributed by atoms with van der Waals surface area (Å²) in [5.41, 5.74) is 1.09. The molecule has 4 heteroatoms. The maximum Gasteiger partial charge on any atom is 0.222 e. The molecule has 0 amide bonds. The van der Waals surface area contributed by atoms with Gasteiger partial charge in [-0.15, -0.1) is 0 Å². The van der Waals surface area contributed by atoms with Gasteiger partial charge in [-0.3, -0.25) is 4.79 Å². The number of benzene rings is 1. The molecule has 0 aromatic heterocycles. The fourth-order valence-electron chi connectivity index (χ4n) is 0.850. The van der Waals surface area contributed by atoms with E-state index in [2.05, 4.69) is 11.1 Å². The average Bonchev–Trinajstić information content (AvgIpc) is 2.29. The van der Waals surface area contributed by atoms with Crippen LogP contribution in [0.3, 0.4) is 0 Å². The van der Waals surface area contributed by atoms with Gasteiger partial charge in [0.15, 0.2) is 0 Å². The molecular formula is C11H11NOP2. The molecule has 0 radical (unpaired) electrons. The Morgan fingerprint density at radius 2 is 2.13 bits per heavy atom. The number of hydrogen-bond acceptors (Lipinski definition) is 2. The van der Waals surface area contributed by atoms with Crippen molar-refractivity contribution >= 4 is 28.7 Å². The summed E-state index contributed by atoms with van der Waals surface area (Å²) in [7, 11) is 0.789. The van der Waals surface area contributed by atoms with E-state index in [1.807, 2.05) is 42.2 Å². The topological polar surface area (TPSA) is 29.4 Å². The van der Waals surface area contributed by atoms with Gasteiger partial charge in [-0.2, -0.15) is 0 Å². The Kier molecular flexibility index (Phi) is 5.77. The van der Waals surface area contributed by atoms with Gasteiger partial charge in [0, 0.05) is 8.73 Å². The Balaban J connectivity index is 2.38. The Bertz CT molecular complexity index is 385. The fraction of sp³-hybridized carbons (Fsp3) is 0. The van der Waals surface area contributed by atoms with Crippen molar-refractivity contribution in [3.05, 3.63) is 54.4 Å². The van der Waals surface area contributed by atoms with Crippen LogP contribution in [-0.4, -0.2) is 5.52 Å². The number of carbonyl (C=O) groups excluding carboxylic acids is 1. The van der Waals surface area contributed by atoms with E-state index in [9.17, 15) is 4.79 Å². The van der Waals surface area contributed by atoms with Gasteiger partial charge in [0.25, 0.3) is 0 Å². The van der Waals surface area contributed by atoms with E-state index in [1.54, 1.807) is 0 Å². The smallest absolute Gasteiger partial charge is 0.222 e. The van der Waals surface area contributed by atoms with Crippen molar-refractivity contribution in [1.29, 1.82) is 0 Å². The van der Waals surface area contributed by atoms with Crippen molar-refractivity contribution in [2.45, 2.75) is 0 Å². The molecule has 0 saturated heterocycles. The number of hydrogen-bond donors (Lipinski definition) is 0. The maximum absolute atomic E-state index is 10.8. The molecule has 76 valence electrons. The van der Waals surface area contributed by atoms with E-state index >= 15 is 0 Å². The number of allylic oxidation sites excluding steroid dienone is 1. The van der Waals surface area contributed by atoms with Crippen molar-refractivity contribution in [3.8, 4) is 0 Å². The molecule has 0 fully saturated rings. The third-order valence-electron chi connectivity index (χ3n) is 1.53. The maximum atomic E-state index is 10.8. The molecule has 1 aromatic rings. The molecule has 0 N–H and O–H groups in total. The van der Waals surface area contributed by atoms with Crippen LogP contribution in [0.2, 0.25) is 0 Å². The van der Waals surface area contributed by atoms with Gasteiger partial charge in [-0.1, -0.05) is 43.0 Å². The highest BCUT2D eigenvalue weighted by molar-refractivity contribution is 7.57. The van der Waals surface area contributed by atoms with Gasteiger partial charge < -0.3 is 0 Å². The highest BCUT2D eigenvalue weighted by Crippen LogP contribution is 2.22. The summed E-state index contributed by atoms with van der Waals surface area (Å²) in [5.74, 6) is 1.96. The molecule has 0 spiro atoms. The quantitative estimate of drug-likeness (QED) is 0.558. The Labute approximate surface area is 92.8 Å². The summed E-state index contributed by atoms with van der Waals surface area (Å²) >= 11 is 0. The molecule has 1 aromatic carbocycles. The highest BCUT2D eigenvalue weighted by Gasteiger charge is 1.86. The summed E-state index contributed by atoms with van der Waals surface area (Å²) in [6.07, 6.45) is 3.28. The van der Waals surface area contributed by atoms with Gasteiger partial charge in [0.1, 0.15) is 0 Å². The van der Waals surface area contributed by atoms with E-state index in [4.69, 9.17) is 0 Å². The summed E-state index contributed by atoms with van der Waals surface area (Å²) in [6, 6.07) is 9.99. The van der Waals surface area contributed by atoms with Gasteiger partial charge in [0.2, 0.25) is 5.52 Å². The molecule has 15 heavy (non-hydrogen) atoms. The SMILES string of the molecule is C=CC(=O)P=NPC=Cc1ccccc1. The van der Waals surface area contributed by atoms with Gasteiger partial charge in [-0.05, 0) is 17.5 Å². The van der Waals surface area contributed by atoms with E-state index in [1.165, 1.54) is 6.08 Å². The predicted molar refractivity (Wildman–Crippen MR) is 68.3 cm³/mol. The monoisotopic (exact) mass is 235 g/mol. The number of nitrogens with zero attached hydrogens (tertiary/aromatic N) is 1. The molecule has 0 aliphatic heterocycles. The second-order valence-electron chi connectivity index (χ2n) is 2.62. The van der Waals surface area contributed by atoms with Crippen molar-refractivity contribution in [2.75, 3.05) is 0 Å². The Morgan fingerprint density at radius 3 is 2.80 bits per heavy atom. The zero-order chi connectivity index (χ0) is 10.9. The molecule has 0 bridgehead atoms. The Hall–Kier alpha value is -1.10. The van der Waals surface area contributed by atoms with Crippen LogP contribution in [0.15, 0.2) is 53.3 Å². The first kappa shape index (κ1) is 12.0. The lowest BCUT2D eigenvalue weighted by Gasteiger charge is -1.89. The minimum Gasteiger partial charge on any atom is -0.283 e. The minimum absolute atomic E-state index is 0.0596. The van der Waals surface area contributed by atoms with Crippen LogP contribution in [-0.2, 0) is 4.79 Å². The van der Waals surface area contributed by atoms with Crippen LogP contribution < -0.4 is 0 Å². The molecular weight excluding hydrogens is 224 g/mol. The molecule has 1 atom stereocenters. The van der Waals surface area contributed by atoms with Crippen molar-refractivity contribution in [3.63, 3.8) is 0 Å². The van der Waals surface area contributed by atoms with E-state index in [-0.39, 0.29) is 5.52 Å². The van der Waals surface area contributed by atoms with Crippen molar-refractivity contribution < 1.29 is 4.79 Å². The number of rotatable bonds is 5. The zero-order valence-electron chi connectivity index (χ0n) is 8.13. The van der Waals surface area contributed by atoms with Gasteiger partial charge in [-0.25, -0.2) is 4.52 Å². The second-order valence-corrected chi connectivity index (χ2v) is 4.65. The second kappa shape index (κ2) is 7.23. The van der Waals surface area contributed by atoms with Crippen molar-refractivity contribution in [1.82, 2.24) is 0 Å². The third-order valence-corrected chi connectivity index (χ3v) is 3.09. The normalized spacial score (nSPS) is 11.7. The van der Waals surface area contributed by atoms with Crippen LogP contribution in [0.1, 0.15) is 5.56 Å². The highest BCUT2D eigenvalue weighted by atomic mass is 31.1. The van der Waals surface area contributed by atoms with Crippen LogP contribution >= 0.6 is 17.1 Å². The lowest BCUT2D eigenvalue weighted by Crippen LogP contribution is -1.70. The van der Waals surface area contributed by atoms with Crippen molar-refractivity contribution in [2.24, 2.45) is 4.52 Å². The first-order chi connectivity index (χ1) is 7.33. The summed E-state index contributed by atoms with van der Waals surface area (Å²) < 4.78 is 4.05. The average molecular weight is 235 g/mol. The van der Waals surface area contributed by atoms with E-state index in [0.717, 1.165) is 5.56 Å². The molecule has 0 aliphatic rings. The van der Waals surface area contributed by atoms with E-state index in [0.29, 0.717) is 17.1 Å². The van der Waals surface area contributed by atoms with Gasteiger partial charge in [0.05, 0.1) is 8.37 Å². The molecule has 1 rings (SSSR count). The first-order valence-electron chi connectivity index (χ1n) is 4.37. The minimum atomic E-state index is -0.0596. The molecule has 2 nitrogen and oxygen atoms in total. The first-order valence-corrected chi connectivity index (χ1v) is 6.24. The predicted octanol–water partition coefficient (Wildman–Crippen LogP) is 4.09.